The number of carbonyl (C=O) groups is 1. The molecule has 1 N–H and O–H groups in total. The molecule has 0 bridgehead atoms. The molecule has 1 saturated heterocycles. The zero-order valence-electron chi connectivity index (χ0n) is 15.7. The van der Waals surface area contributed by atoms with Crippen molar-refractivity contribution < 1.29 is 14.3 Å². The van der Waals surface area contributed by atoms with Gasteiger partial charge in [-0.1, -0.05) is 48.5 Å². The molecule has 4 nitrogen and oxygen atoms in total. The molecule has 1 aliphatic carbocycles. The van der Waals surface area contributed by atoms with Gasteiger partial charge >= 0.3 is 0 Å². The summed E-state index contributed by atoms with van der Waals surface area (Å²) in [5.41, 5.74) is 2.07. The lowest BCUT2D eigenvalue weighted by atomic mass is 9.73. The lowest BCUT2D eigenvalue weighted by molar-refractivity contribution is -0.218. The summed E-state index contributed by atoms with van der Waals surface area (Å²) in [6, 6.07) is 19.9. The van der Waals surface area contributed by atoms with Crippen LogP contribution in [0.15, 0.2) is 60.7 Å². The highest BCUT2D eigenvalue weighted by atomic mass is 16.7. The molecule has 0 spiro atoms. The van der Waals surface area contributed by atoms with E-state index in [0.717, 1.165) is 19.3 Å². The van der Waals surface area contributed by atoms with E-state index in [0.29, 0.717) is 17.4 Å². The Balaban J connectivity index is 1.42. The van der Waals surface area contributed by atoms with Crippen molar-refractivity contribution in [3.63, 3.8) is 0 Å². The molecule has 0 radical (unpaired) electrons. The number of nitrogens with one attached hydrogen (secondary N) is 1. The molecule has 1 amide bonds. The molecular weight excluding hydrogens is 338 g/mol. The largest absolute Gasteiger partial charge is 0.354 e. The number of hydrogen-bond donors (Lipinski definition) is 1. The van der Waals surface area contributed by atoms with Gasteiger partial charge in [-0.05, 0) is 55.2 Å². The Morgan fingerprint density at radius 1 is 1.00 bits per heavy atom. The fourth-order valence-corrected chi connectivity index (χ4v) is 4.55. The minimum Gasteiger partial charge on any atom is -0.354 e. The van der Waals surface area contributed by atoms with Crippen molar-refractivity contribution >= 4 is 5.91 Å². The molecule has 5 atom stereocenters. The molecule has 1 aliphatic heterocycles. The molecular formula is C23H27NO3. The van der Waals surface area contributed by atoms with Gasteiger partial charge in [-0.3, -0.25) is 4.79 Å². The number of rotatable bonds is 4. The van der Waals surface area contributed by atoms with Gasteiger partial charge in [-0.25, -0.2) is 0 Å². The Labute approximate surface area is 160 Å². The third-order valence-corrected chi connectivity index (χ3v) is 5.98. The molecule has 1 saturated carbocycles. The number of ether oxygens (including phenoxy) is 2. The van der Waals surface area contributed by atoms with E-state index in [4.69, 9.17) is 9.47 Å². The number of methoxy groups -OCH3 is 1. The first kappa shape index (κ1) is 18.2. The number of amides is 1. The highest BCUT2D eigenvalue weighted by Crippen LogP contribution is 2.42. The van der Waals surface area contributed by atoms with E-state index in [1.54, 1.807) is 7.11 Å². The van der Waals surface area contributed by atoms with Gasteiger partial charge < -0.3 is 14.8 Å². The lowest BCUT2D eigenvalue weighted by Gasteiger charge is -2.45. The zero-order valence-corrected chi connectivity index (χ0v) is 15.7. The van der Waals surface area contributed by atoms with E-state index in [9.17, 15) is 4.79 Å². The topological polar surface area (TPSA) is 47.6 Å². The first-order valence-electron chi connectivity index (χ1n) is 9.83. The van der Waals surface area contributed by atoms with E-state index >= 15 is 0 Å². The number of carbonyl (C=O) groups excluding carboxylic acids is 1. The van der Waals surface area contributed by atoms with Crippen molar-refractivity contribution in [2.24, 2.45) is 5.92 Å². The van der Waals surface area contributed by atoms with Crippen LogP contribution in [0.25, 0.3) is 0 Å². The Kier molecular flexibility index (Phi) is 5.55. The smallest absolute Gasteiger partial charge is 0.251 e. The maximum atomic E-state index is 12.5. The van der Waals surface area contributed by atoms with Gasteiger partial charge in [-0.2, -0.15) is 0 Å². The maximum Gasteiger partial charge on any atom is 0.251 e. The van der Waals surface area contributed by atoms with Crippen LogP contribution in [0.4, 0.5) is 0 Å². The SMILES string of the molecule is CO[C@@H]1O[C@@H]2C[C@H](c3ccccc3)CC[C@@H]2C[C@@H]1NC(=O)c1ccccc1. The van der Waals surface area contributed by atoms with Crippen LogP contribution in [0.3, 0.4) is 0 Å². The second-order valence-electron chi connectivity index (χ2n) is 7.64. The molecule has 4 rings (SSSR count). The molecule has 142 valence electrons. The lowest BCUT2D eigenvalue weighted by Crippen LogP contribution is -2.54. The summed E-state index contributed by atoms with van der Waals surface area (Å²) in [5.74, 6) is 0.945. The number of fused-ring (bicyclic) bond motifs is 1. The van der Waals surface area contributed by atoms with Gasteiger partial charge in [0.05, 0.1) is 12.1 Å². The van der Waals surface area contributed by atoms with Crippen molar-refractivity contribution in [3.8, 4) is 0 Å². The summed E-state index contributed by atoms with van der Waals surface area (Å²) >= 11 is 0. The van der Waals surface area contributed by atoms with Crippen molar-refractivity contribution in [2.45, 2.75) is 50.0 Å². The minimum atomic E-state index is -0.395. The summed E-state index contributed by atoms with van der Waals surface area (Å²) in [4.78, 5) is 12.5. The summed E-state index contributed by atoms with van der Waals surface area (Å²) in [5, 5.41) is 3.12. The second-order valence-corrected chi connectivity index (χ2v) is 7.64. The van der Waals surface area contributed by atoms with Crippen LogP contribution in [0.5, 0.6) is 0 Å². The molecule has 2 aromatic rings. The number of hydrogen-bond acceptors (Lipinski definition) is 3. The zero-order chi connectivity index (χ0) is 18.6. The van der Waals surface area contributed by atoms with Crippen molar-refractivity contribution in [1.29, 1.82) is 0 Å². The monoisotopic (exact) mass is 365 g/mol. The predicted octanol–water partition coefficient (Wildman–Crippen LogP) is 4.13. The van der Waals surface area contributed by atoms with Gasteiger partial charge in [-0.15, -0.1) is 0 Å². The Morgan fingerprint density at radius 2 is 1.70 bits per heavy atom. The van der Waals surface area contributed by atoms with E-state index in [1.807, 2.05) is 30.3 Å². The average Bonchev–Trinajstić information content (AvgIpc) is 2.74. The summed E-state index contributed by atoms with van der Waals surface area (Å²) in [6.07, 6.45) is 4.02. The Hall–Kier alpha value is -2.17. The van der Waals surface area contributed by atoms with Crippen LogP contribution in [0.2, 0.25) is 0 Å². The van der Waals surface area contributed by atoms with Crippen LogP contribution >= 0.6 is 0 Å². The molecule has 1 heterocycles. The second kappa shape index (κ2) is 8.24. The fourth-order valence-electron chi connectivity index (χ4n) is 4.55. The fraction of sp³-hybridized carbons (Fsp3) is 0.435. The van der Waals surface area contributed by atoms with Crippen LogP contribution < -0.4 is 5.32 Å². The third kappa shape index (κ3) is 4.07. The van der Waals surface area contributed by atoms with Gasteiger partial charge in [0, 0.05) is 12.7 Å². The van der Waals surface area contributed by atoms with Crippen molar-refractivity contribution in [3.05, 3.63) is 71.8 Å². The summed E-state index contributed by atoms with van der Waals surface area (Å²) < 4.78 is 11.9. The molecule has 4 heteroatoms. The molecule has 0 aromatic heterocycles. The first-order valence-corrected chi connectivity index (χ1v) is 9.83. The minimum absolute atomic E-state index is 0.0670. The van der Waals surface area contributed by atoms with Gasteiger partial charge in [0.15, 0.2) is 6.29 Å². The summed E-state index contributed by atoms with van der Waals surface area (Å²) in [6.45, 7) is 0. The third-order valence-electron chi connectivity index (χ3n) is 5.98. The average molecular weight is 365 g/mol. The van der Waals surface area contributed by atoms with E-state index in [2.05, 4.69) is 35.6 Å². The van der Waals surface area contributed by atoms with Crippen LogP contribution in [-0.2, 0) is 9.47 Å². The van der Waals surface area contributed by atoms with Gasteiger partial charge in [0.2, 0.25) is 0 Å². The summed E-state index contributed by atoms with van der Waals surface area (Å²) in [7, 11) is 1.66. The first-order chi connectivity index (χ1) is 13.2. The normalized spacial score (nSPS) is 30.3. The van der Waals surface area contributed by atoms with Gasteiger partial charge in [0.1, 0.15) is 0 Å². The number of benzene rings is 2. The van der Waals surface area contributed by atoms with E-state index < -0.39 is 6.29 Å². The van der Waals surface area contributed by atoms with Gasteiger partial charge in [0.25, 0.3) is 5.91 Å². The van der Waals surface area contributed by atoms with Crippen molar-refractivity contribution in [2.75, 3.05) is 7.11 Å². The molecule has 0 unspecified atom stereocenters. The standard InChI is InChI=1S/C23H27NO3/c1-26-23-20(24-22(25)17-10-6-3-7-11-17)14-19-13-12-18(15-21(19)27-23)16-8-4-2-5-9-16/h2-11,18-21,23H,12-15H2,1H3,(H,24,25)/t18-,19-,20+,21-,23-/m1/s1. The quantitative estimate of drug-likeness (QED) is 0.886. The maximum absolute atomic E-state index is 12.5. The van der Waals surface area contributed by atoms with Crippen LogP contribution in [0, 0.1) is 5.92 Å². The molecule has 2 aromatic carbocycles. The van der Waals surface area contributed by atoms with E-state index in [1.165, 1.54) is 12.0 Å². The predicted molar refractivity (Wildman–Crippen MR) is 105 cm³/mol. The molecule has 2 aliphatic rings. The van der Waals surface area contributed by atoms with E-state index in [-0.39, 0.29) is 18.1 Å². The van der Waals surface area contributed by atoms with Crippen molar-refractivity contribution in [1.82, 2.24) is 5.32 Å². The molecule has 27 heavy (non-hydrogen) atoms. The molecule has 2 fully saturated rings. The Morgan fingerprint density at radius 3 is 2.41 bits per heavy atom. The van der Waals surface area contributed by atoms with Crippen LogP contribution in [-0.4, -0.2) is 31.5 Å². The Bertz CT molecular complexity index is 749. The highest BCUT2D eigenvalue weighted by Gasteiger charge is 2.42. The van der Waals surface area contributed by atoms with Crippen LogP contribution in [0.1, 0.15) is 47.5 Å². The highest BCUT2D eigenvalue weighted by molar-refractivity contribution is 5.94.